The molecule has 17 heavy (non-hydrogen) atoms. The first-order chi connectivity index (χ1) is 8.11. The Hall–Kier alpha value is -1.13. The number of fused-ring (bicyclic) bond motifs is 1. The maximum atomic E-state index is 13.2. The van der Waals surface area contributed by atoms with Gasteiger partial charge in [0.05, 0.1) is 12.7 Å². The lowest BCUT2D eigenvalue weighted by molar-refractivity contribution is -0.0277. The molecule has 4 heteroatoms. The van der Waals surface area contributed by atoms with Crippen molar-refractivity contribution in [2.24, 2.45) is 5.73 Å². The zero-order valence-corrected chi connectivity index (χ0v) is 9.78. The van der Waals surface area contributed by atoms with Gasteiger partial charge in [0.25, 0.3) is 0 Å². The molecular weight excluding hydrogens is 221 g/mol. The molecular formula is C13H16FNO2. The quantitative estimate of drug-likeness (QED) is 0.752. The zero-order chi connectivity index (χ0) is 12.0. The van der Waals surface area contributed by atoms with Gasteiger partial charge in [-0.15, -0.1) is 0 Å². The van der Waals surface area contributed by atoms with Gasteiger partial charge in [-0.25, -0.2) is 4.39 Å². The Labute approximate surface area is 99.7 Å². The molecule has 2 N–H and O–H groups in total. The first-order valence-corrected chi connectivity index (χ1v) is 5.96. The monoisotopic (exact) mass is 237 g/mol. The number of rotatable bonds is 0. The summed E-state index contributed by atoms with van der Waals surface area (Å²) in [6, 6.07) is 4.45. The van der Waals surface area contributed by atoms with Crippen LogP contribution in [0.3, 0.4) is 0 Å². The van der Waals surface area contributed by atoms with Gasteiger partial charge in [0.1, 0.15) is 17.2 Å². The Morgan fingerprint density at radius 2 is 2.29 bits per heavy atom. The molecule has 0 saturated carbocycles. The van der Waals surface area contributed by atoms with E-state index in [1.807, 2.05) is 6.92 Å². The molecule has 0 amide bonds. The molecule has 1 aromatic rings. The molecule has 1 spiro atoms. The molecule has 3 atom stereocenters. The minimum atomic E-state index is -0.375. The van der Waals surface area contributed by atoms with Crippen LogP contribution in [0.15, 0.2) is 18.2 Å². The molecule has 0 aromatic heterocycles. The third kappa shape index (κ3) is 1.63. The van der Waals surface area contributed by atoms with E-state index in [-0.39, 0.29) is 23.6 Å². The molecule has 3 nitrogen and oxygen atoms in total. The van der Waals surface area contributed by atoms with Crippen molar-refractivity contribution >= 4 is 0 Å². The molecule has 1 aromatic carbocycles. The predicted octanol–water partition coefficient (Wildman–Crippen LogP) is 2.16. The van der Waals surface area contributed by atoms with Crippen LogP contribution in [0.4, 0.5) is 4.39 Å². The van der Waals surface area contributed by atoms with Gasteiger partial charge in [0, 0.05) is 30.5 Å². The summed E-state index contributed by atoms with van der Waals surface area (Å²) in [7, 11) is 0. The van der Waals surface area contributed by atoms with Crippen LogP contribution in [0.1, 0.15) is 31.4 Å². The average molecular weight is 237 g/mol. The van der Waals surface area contributed by atoms with Crippen LogP contribution in [0.2, 0.25) is 0 Å². The standard InChI is InChI=1S/C13H16FNO2/c1-8-13(4-5-16-8)7-11(15)10-3-2-9(14)6-12(10)17-13/h2-3,6,8,11H,4-5,7,15H2,1H3. The van der Waals surface area contributed by atoms with Crippen LogP contribution >= 0.6 is 0 Å². The van der Waals surface area contributed by atoms with E-state index in [1.54, 1.807) is 6.07 Å². The van der Waals surface area contributed by atoms with E-state index in [4.69, 9.17) is 15.2 Å². The van der Waals surface area contributed by atoms with Gasteiger partial charge in [0.2, 0.25) is 0 Å². The van der Waals surface area contributed by atoms with E-state index in [2.05, 4.69) is 0 Å². The van der Waals surface area contributed by atoms with Crippen molar-refractivity contribution in [2.75, 3.05) is 6.61 Å². The fraction of sp³-hybridized carbons (Fsp3) is 0.538. The highest BCUT2D eigenvalue weighted by Gasteiger charge is 2.48. The second-order valence-corrected chi connectivity index (χ2v) is 4.92. The number of hydrogen-bond acceptors (Lipinski definition) is 3. The normalized spacial score (nSPS) is 35.7. The van der Waals surface area contributed by atoms with Gasteiger partial charge < -0.3 is 15.2 Å². The highest BCUT2D eigenvalue weighted by Crippen LogP contribution is 2.44. The van der Waals surface area contributed by atoms with E-state index >= 15 is 0 Å². The number of benzene rings is 1. The highest BCUT2D eigenvalue weighted by atomic mass is 19.1. The van der Waals surface area contributed by atoms with Gasteiger partial charge in [0.15, 0.2) is 0 Å². The van der Waals surface area contributed by atoms with E-state index in [0.717, 1.165) is 18.4 Å². The minimum Gasteiger partial charge on any atom is -0.484 e. The molecule has 2 heterocycles. The van der Waals surface area contributed by atoms with Gasteiger partial charge in [-0.1, -0.05) is 6.07 Å². The summed E-state index contributed by atoms with van der Waals surface area (Å²) in [6.07, 6.45) is 1.55. The van der Waals surface area contributed by atoms with Crippen molar-refractivity contribution in [2.45, 2.75) is 37.5 Å². The Morgan fingerprint density at radius 1 is 1.47 bits per heavy atom. The highest BCUT2D eigenvalue weighted by molar-refractivity contribution is 5.39. The molecule has 1 fully saturated rings. The van der Waals surface area contributed by atoms with Crippen molar-refractivity contribution in [3.63, 3.8) is 0 Å². The van der Waals surface area contributed by atoms with E-state index < -0.39 is 0 Å². The van der Waals surface area contributed by atoms with Crippen LogP contribution in [0.5, 0.6) is 5.75 Å². The Morgan fingerprint density at radius 3 is 3.00 bits per heavy atom. The molecule has 0 aliphatic carbocycles. The van der Waals surface area contributed by atoms with E-state index in [9.17, 15) is 4.39 Å². The summed E-state index contributed by atoms with van der Waals surface area (Å²) in [4.78, 5) is 0. The maximum Gasteiger partial charge on any atom is 0.139 e. The van der Waals surface area contributed by atoms with Gasteiger partial charge in [-0.2, -0.15) is 0 Å². The van der Waals surface area contributed by atoms with Crippen LogP contribution < -0.4 is 10.5 Å². The molecule has 2 aliphatic heterocycles. The first kappa shape index (κ1) is 11.0. The molecule has 2 aliphatic rings. The summed E-state index contributed by atoms with van der Waals surface area (Å²) < 4.78 is 24.8. The van der Waals surface area contributed by atoms with Crippen LogP contribution in [0.25, 0.3) is 0 Å². The van der Waals surface area contributed by atoms with Crippen LogP contribution in [-0.2, 0) is 4.74 Å². The summed E-state index contributed by atoms with van der Waals surface area (Å²) in [5, 5.41) is 0. The number of nitrogens with two attached hydrogens (primary N) is 1. The van der Waals surface area contributed by atoms with Gasteiger partial charge in [-0.05, 0) is 13.0 Å². The Balaban J connectivity index is 2.02. The molecule has 0 radical (unpaired) electrons. The zero-order valence-electron chi connectivity index (χ0n) is 9.78. The number of ether oxygens (including phenoxy) is 2. The number of hydrogen-bond donors (Lipinski definition) is 1. The van der Waals surface area contributed by atoms with E-state index in [1.165, 1.54) is 12.1 Å². The van der Waals surface area contributed by atoms with Gasteiger partial charge >= 0.3 is 0 Å². The molecule has 0 bridgehead atoms. The summed E-state index contributed by atoms with van der Waals surface area (Å²) in [6.45, 7) is 2.67. The largest absolute Gasteiger partial charge is 0.484 e. The fourth-order valence-corrected chi connectivity index (χ4v) is 2.81. The van der Waals surface area contributed by atoms with Crippen molar-refractivity contribution in [3.8, 4) is 5.75 Å². The lowest BCUT2D eigenvalue weighted by Gasteiger charge is -2.40. The van der Waals surface area contributed by atoms with E-state index in [0.29, 0.717) is 12.4 Å². The van der Waals surface area contributed by atoms with Crippen LogP contribution in [0, 0.1) is 5.82 Å². The predicted molar refractivity (Wildman–Crippen MR) is 61.3 cm³/mol. The van der Waals surface area contributed by atoms with Crippen molar-refractivity contribution < 1.29 is 13.9 Å². The third-order valence-corrected chi connectivity index (χ3v) is 3.89. The Bertz CT molecular complexity index is 451. The van der Waals surface area contributed by atoms with Gasteiger partial charge in [-0.3, -0.25) is 0 Å². The topological polar surface area (TPSA) is 44.5 Å². The molecule has 92 valence electrons. The Kier molecular flexibility index (Phi) is 2.38. The van der Waals surface area contributed by atoms with Crippen LogP contribution in [-0.4, -0.2) is 18.3 Å². The second-order valence-electron chi connectivity index (χ2n) is 4.92. The summed E-state index contributed by atoms with van der Waals surface area (Å²) in [5.74, 6) is 0.278. The SMILES string of the molecule is CC1OCCC12CC(N)c1ccc(F)cc1O2. The number of halogens is 1. The second kappa shape index (κ2) is 3.68. The third-order valence-electron chi connectivity index (χ3n) is 3.89. The lowest BCUT2D eigenvalue weighted by Crippen LogP contribution is -2.47. The van der Waals surface area contributed by atoms with Crippen molar-refractivity contribution in [1.29, 1.82) is 0 Å². The molecule has 3 rings (SSSR count). The fourth-order valence-electron chi connectivity index (χ4n) is 2.81. The first-order valence-electron chi connectivity index (χ1n) is 5.96. The summed E-state index contributed by atoms with van der Waals surface area (Å²) >= 11 is 0. The molecule has 1 saturated heterocycles. The maximum absolute atomic E-state index is 13.2. The van der Waals surface area contributed by atoms with Crippen molar-refractivity contribution in [1.82, 2.24) is 0 Å². The average Bonchev–Trinajstić information content (AvgIpc) is 2.59. The minimum absolute atomic E-state index is 0.00460. The van der Waals surface area contributed by atoms with Crippen molar-refractivity contribution in [3.05, 3.63) is 29.6 Å². The smallest absolute Gasteiger partial charge is 0.139 e. The summed E-state index contributed by atoms with van der Waals surface area (Å²) in [5.41, 5.74) is 6.67. The lowest BCUT2D eigenvalue weighted by atomic mass is 9.83. The molecule has 3 unspecified atom stereocenters.